The number of ether oxygens (including phenoxy) is 1. The molecule has 0 heterocycles. The molecule has 0 radical (unpaired) electrons. The monoisotopic (exact) mass is 207 g/mol. The fourth-order valence-corrected chi connectivity index (χ4v) is 1.74. The number of methoxy groups -OCH3 is 1. The Morgan fingerprint density at radius 1 is 1.27 bits per heavy atom. The molecule has 84 valence electrons. The number of rotatable bonds is 3. The summed E-state index contributed by atoms with van der Waals surface area (Å²) < 4.78 is 5.30. The quantitative estimate of drug-likeness (QED) is 0.826. The summed E-state index contributed by atoms with van der Waals surface area (Å²) in [5, 5.41) is 0. The Balaban J connectivity index is 2.86. The van der Waals surface area contributed by atoms with Gasteiger partial charge in [0.2, 0.25) is 0 Å². The first-order valence-corrected chi connectivity index (χ1v) is 5.32. The minimum absolute atomic E-state index is 0.0427. The lowest BCUT2D eigenvalue weighted by atomic mass is 9.85. The number of benzene rings is 1. The fourth-order valence-electron chi connectivity index (χ4n) is 1.74. The van der Waals surface area contributed by atoms with Crippen molar-refractivity contribution >= 4 is 0 Å². The molecular formula is C13H21NO. The SMILES string of the molecule is COc1ccccc1C(N)CC(C)(C)C. The van der Waals surface area contributed by atoms with E-state index in [4.69, 9.17) is 10.5 Å². The van der Waals surface area contributed by atoms with Gasteiger partial charge in [0.1, 0.15) is 5.75 Å². The highest BCUT2D eigenvalue weighted by Gasteiger charge is 2.19. The van der Waals surface area contributed by atoms with Crippen LogP contribution >= 0.6 is 0 Å². The molecule has 2 N–H and O–H groups in total. The van der Waals surface area contributed by atoms with Crippen LogP contribution in [0.5, 0.6) is 5.75 Å². The molecule has 2 nitrogen and oxygen atoms in total. The van der Waals surface area contributed by atoms with E-state index in [0.717, 1.165) is 17.7 Å². The minimum Gasteiger partial charge on any atom is -0.496 e. The third-order valence-corrected chi connectivity index (χ3v) is 2.37. The molecular weight excluding hydrogens is 186 g/mol. The lowest BCUT2D eigenvalue weighted by Crippen LogP contribution is -2.19. The van der Waals surface area contributed by atoms with E-state index in [1.54, 1.807) is 7.11 Å². The topological polar surface area (TPSA) is 35.2 Å². The van der Waals surface area contributed by atoms with Crippen LogP contribution in [-0.4, -0.2) is 7.11 Å². The molecule has 0 aliphatic rings. The summed E-state index contributed by atoms with van der Waals surface area (Å²) in [4.78, 5) is 0. The van der Waals surface area contributed by atoms with Gasteiger partial charge in [0.25, 0.3) is 0 Å². The zero-order valence-corrected chi connectivity index (χ0v) is 10.1. The largest absolute Gasteiger partial charge is 0.496 e. The Morgan fingerprint density at radius 2 is 1.87 bits per heavy atom. The van der Waals surface area contributed by atoms with Crippen molar-refractivity contribution in [1.82, 2.24) is 0 Å². The Morgan fingerprint density at radius 3 is 2.40 bits per heavy atom. The molecule has 0 amide bonds. The van der Waals surface area contributed by atoms with Crippen molar-refractivity contribution in [2.24, 2.45) is 11.1 Å². The first kappa shape index (κ1) is 12.1. The molecule has 1 aromatic rings. The minimum atomic E-state index is 0.0427. The first-order chi connectivity index (χ1) is 6.94. The van der Waals surface area contributed by atoms with Crippen molar-refractivity contribution in [3.05, 3.63) is 29.8 Å². The second-order valence-corrected chi connectivity index (χ2v) is 5.11. The summed E-state index contributed by atoms with van der Waals surface area (Å²) in [6.45, 7) is 6.59. The Bertz CT molecular complexity index is 315. The Hall–Kier alpha value is -1.02. The average Bonchev–Trinajstić information content (AvgIpc) is 2.15. The number of nitrogens with two attached hydrogens (primary N) is 1. The third-order valence-electron chi connectivity index (χ3n) is 2.37. The Kier molecular flexibility index (Phi) is 3.75. The number of hydrogen-bond donors (Lipinski definition) is 1. The molecule has 0 saturated carbocycles. The van der Waals surface area contributed by atoms with E-state index >= 15 is 0 Å². The van der Waals surface area contributed by atoms with Crippen molar-refractivity contribution in [1.29, 1.82) is 0 Å². The highest BCUT2D eigenvalue weighted by molar-refractivity contribution is 5.35. The second-order valence-electron chi connectivity index (χ2n) is 5.11. The molecule has 1 rings (SSSR count). The van der Waals surface area contributed by atoms with E-state index < -0.39 is 0 Å². The molecule has 1 atom stereocenters. The van der Waals surface area contributed by atoms with Crippen LogP contribution in [-0.2, 0) is 0 Å². The van der Waals surface area contributed by atoms with E-state index in [0.29, 0.717) is 0 Å². The average molecular weight is 207 g/mol. The number of para-hydroxylation sites is 1. The maximum Gasteiger partial charge on any atom is 0.123 e. The van der Waals surface area contributed by atoms with Crippen LogP contribution in [0.3, 0.4) is 0 Å². The van der Waals surface area contributed by atoms with Gasteiger partial charge in [0.15, 0.2) is 0 Å². The molecule has 0 fully saturated rings. The predicted octanol–water partition coefficient (Wildman–Crippen LogP) is 3.13. The van der Waals surface area contributed by atoms with E-state index in [-0.39, 0.29) is 11.5 Å². The van der Waals surface area contributed by atoms with Gasteiger partial charge in [-0.25, -0.2) is 0 Å². The summed E-state index contributed by atoms with van der Waals surface area (Å²) >= 11 is 0. The van der Waals surface area contributed by atoms with E-state index in [9.17, 15) is 0 Å². The standard InChI is InChI=1S/C13H21NO/c1-13(2,3)9-11(14)10-7-5-6-8-12(10)15-4/h5-8,11H,9,14H2,1-4H3. The van der Waals surface area contributed by atoms with Crippen molar-refractivity contribution in [2.75, 3.05) is 7.11 Å². The Labute approximate surface area is 92.4 Å². The van der Waals surface area contributed by atoms with Gasteiger partial charge in [-0.05, 0) is 17.9 Å². The maximum atomic E-state index is 6.18. The molecule has 1 aromatic carbocycles. The maximum absolute atomic E-state index is 6.18. The summed E-state index contributed by atoms with van der Waals surface area (Å²) in [7, 11) is 1.68. The van der Waals surface area contributed by atoms with Crippen molar-refractivity contribution < 1.29 is 4.74 Å². The number of hydrogen-bond acceptors (Lipinski definition) is 2. The molecule has 15 heavy (non-hydrogen) atoms. The molecule has 0 aromatic heterocycles. The smallest absolute Gasteiger partial charge is 0.123 e. The van der Waals surface area contributed by atoms with Crippen molar-refractivity contribution in [3.63, 3.8) is 0 Å². The molecule has 0 aliphatic carbocycles. The van der Waals surface area contributed by atoms with E-state index in [1.807, 2.05) is 24.3 Å². The summed E-state index contributed by atoms with van der Waals surface area (Å²) in [6.07, 6.45) is 0.952. The fraction of sp³-hybridized carbons (Fsp3) is 0.538. The van der Waals surface area contributed by atoms with Gasteiger partial charge in [-0.2, -0.15) is 0 Å². The van der Waals surface area contributed by atoms with Gasteiger partial charge in [0, 0.05) is 11.6 Å². The normalized spacial score (nSPS) is 13.7. The van der Waals surface area contributed by atoms with Crippen LogP contribution in [0.1, 0.15) is 38.8 Å². The van der Waals surface area contributed by atoms with Crippen LogP contribution in [0, 0.1) is 5.41 Å². The summed E-state index contributed by atoms with van der Waals surface area (Å²) in [5.41, 5.74) is 7.51. The predicted molar refractivity (Wildman–Crippen MR) is 64.0 cm³/mol. The van der Waals surface area contributed by atoms with Gasteiger partial charge in [0.05, 0.1) is 7.11 Å². The van der Waals surface area contributed by atoms with Crippen LogP contribution in [0.25, 0.3) is 0 Å². The zero-order valence-electron chi connectivity index (χ0n) is 10.1. The first-order valence-electron chi connectivity index (χ1n) is 5.32. The molecule has 0 saturated heterocycles. The van der Waals surface area contributed by atoms with Crippen LogP contribution < -0.4 is 10.5 Å². The highest BCUT2D eigenvalue weighted by Crippen LogP contribution is 2.31. The van der Waals surface area contributed by atoms with Crippen LogP contribution in [0.4, 0.5) is 0 Å². The molecule has 0 spiro atoms. The molecule has 0 bridgehead atoms. The highest BCUT2D eigenvalue weighted by atomic mass is 16.5. The van der Waals surface area contributed by atoms with Gasteiger partial charge in [-0.1, -0.05) is 39.0 Å². The van der Waals surface area contributed by atoms with Gasteiger partial charge >= 0.3 is 0 Å². The lowest BCUT2D eigenvalue weighted by molar-refractivity contribution is 0.334. The molecule has 0 aliphatic heterocycles. The van der Waals surface area contributed by atoms with Gasteiger partial charge in [-0.15, -0.1) is 0 Å². The molecule has 1 unspecified atom stereocenters. The third kappa shape index (κ3) is 3.56. The summed E-state index contributed by atoms with van der Waals surface area (Å²) in [5.74, 6) is 0.884. The van der Waals surface area contributed by atoms with Gasteiger partial charge in [-0.3, -0.25) is 0 Å². The second kappa shape index (κ2) is 4.67. The van der Waals surface area contributed by atoms with Crippen LogP contribution in [0.15, 0.2) is 24.3 Å². The van der Waals surface area contributed by atoms with Crippen LogP contribution in [0.2, 0.25) is 0 Å². The lowest BCUT2D eigenvalue weighted by Gasteiger charge is -2.24. The summed E-state index contributed by atoms with van der Waals surface area (Å²) in [6, 6.07) is 8.00. The van der Waals surface area contributed by atoms with Gasteiger partial charge < -0.3 is 10.5 Å². The molecule has 2 heteroatoms. The van der Waals surface area contributed by atoms with Crippen molar-refractivity contribution in [3.8, 4) is 5.75 Å². The van der Waals surface area contributed by atoms with Crippen molar-refractivity contribution in [2.45, 2.75) is 33.2 Å². The van der Waals surface area contributed by atoms with E-state index in [2.05, 4.69) is 20.8 Å². The van der Waals surface area contributed by atoms with E-state index in [1.165, 1.54) is 0 Å². The zero-order chi connectivity index (χ0) is 11.5.